The van der Waals surface area contributed by atoms with Gasteiger partial charge in [-0.2, -0.15) is 0 Å². The predicted octanol–water partition coefficient (Wildman–Crippen LogP) is 2.83. The number of carbonyl (C=O) groups excluding carboxylic acids is 1. The number of anilines is 2. The van der Waals surface area contributed by atoms with Gasteiger partial charge >= 0.3 is 0 Å². The van der Waals surface area contributed by atoms with Gasteiger partial charge in [0.25, 0.3) is 5.91 Å². The SMILES string of the molecule is CS(=O)(=O)Nc1ccc(-c2csc(NC(=O)c3ccncc3)n2)cc1. The lowest BCUT2D eigenvalue weighted by Gasteiger charge is -2.04. The van der Waals surface area contributed by atoms with Crippen molar-refractivity contribution in [2.45, 2.75) is 0 Å². The van der Waals surface area contributed by atoms with E-state index in [9.17, 15) is 13.2 Å². The number of hydrogen-bond donors (Lipinski definition) is 2. The lowest BCUT2D eigenvalue weighted by atomic mass is 10.1. The molecule has 128 valence electrons. The van der Waals surface area contributed by atoms with Crippen LogP contribution in [0.3, 0.4) is 0 Å². The van der Waals surface area contributed by atoms with Gasteiger partial charge in [0.1, 0.15) is 0 Å². The minimum Gasteiger partial charge on any atom is -0.298 e. The fraction of sp³-hybridized carbons (Fsp3) is 0.0625. The monoisotopic (exact) mass is 374 g/mol. The Balaban J connectivity index is 1.72. The van der Waals surface area contributed by atoms with Crippen LogP contribution in [0.15, 0.2) is 54.2 Å². The van der Waals surface area contributed by atoms with E-state index in [0.29, 0.717) is 22.1 Å². The molecule has 25 heavy (non-hydrogen) atoms. The summed E-state index contributed by atoms with van der Waals surface area (Å²) in [5, 5.41) is 5.04. The van der Waals surface area contributed by atoms with Gasteiger partial charge in [-0.3, -0.25) is 19.8 Å². The minimum atomic E-state index is -3.31. The van der Waals surface area contributed by atoms with E-state index >= 15 is 0 Å². The van der Waals surface area contributed by atoms with Crippen molar-refractivity contribution in [3.05, 3.63) is 59.7 Å². The van der Waals surface area contributed by atoms with Crippen LogP contribution in [0.1, 0.15) is 10.4 Å². The van der Waals surface area contributed by atoms with Crippen LogP contribution in [0.5, 0.6) is 0 Å². The third-order valence-electron chi connectivity index (χ3n) is 3.15. The van der Waals surface area contributed by atoms with Crippen LogP contribution in [0.25, 0.3) is 11.3 Å². The van der Waals surface area contributed by atoms with Crippen LogP contribution in [0.4, 0.5) is 10.8 Å². The summed E-state index contributed by atoms with van der Waals surface area (Å²) in [7, 11) is -3.31. The summed E-state index contributed by atoms with van der Waals surface area (Å²) in [5.74, 6) is -0.254. The fourth-order valence-corrected chi connectivity index (χ4v) is 3.34. The molecule has 3 rings (SSSR count). The first kappa shape index (κ1) is 17.1. The molecule has 0 aliphatic carbocycles. The summed E-state index contributed by atoms with van der Waals surface area (Å²) in [5.41, 5.74) is 2.50. The van der Waals surface area contributed by atoms with E-state index in [-0.39, 0.29) is 5.91 Å². The van der Waals surface area contributed by atoms with E-state index < -0.39 is 10.0 Å². The molecule has 0 fully saturated rings. The molecule has 0 saturated heterocycles. The number of aromatic nitrogens is 2. The molecule has 0 spiro atoms. The quantitative estimate of drug-likeness (QED) is 0.715. The minimum absolute atomic E-state index is 0.254. The van der Waals surface area contributed by atoms with Crippen LogP contribution in [-0.4, -0.2) is 30.5 Å². The summed E-state index contributed by atoms with van der Waals surface area (Å²) >= 11 is 1.31. The molecule has 0 saturated carbocycles. The predicted molar refractivity (Wildman–Crippen MR) is 98.2 cm³/mol. The molecule has 1 aromatic carbocycles. The summed E-state index contributed by atoms with van der Waals surface area (Å²) in [6.07, 6.45) is 4.20. The molecular weight excluding hydrogens is 360 g/mol. The molecule has 2 heterocycles. The highest BCUT2D eigenvalue weighted by Gasteiger charge is 2.10. The van der Waals surface area contributed by atoms with E-state index in [2.05, 4.69) is 20.0 Å². The van der Waals surface area contributed by atoms with Crippen molar-refractivity contribution in [2.75, 3.05) is 16.3 Å². The standard InChI is InChI=1S/C16H14N4O3S2/c1-25(22,23)20-13-4-2-11(3-5-13)14-10-24-16(18-14)19-15(21)12-6-8-17-9-7-12/h2-10,20H,1H3,(H,18,19,21). The second kappa shape index (κ2) is 6.99. The summed E-state index contributed by atoms with van der Waals surface area (Å²) in [6, 6.07) is 10.1. The maximum atomic E-state index is 12.1. The number of thiazole rings is 1. The van der Waals surface area contributed by atoms with Crippen molar-refractivity contribution < 1.29 is 13.2 Å². The second-order valence-electron chi connectivity index (χ2n) is 5.18. The number of rotatable bonds is 5. The highest BCUT2D eigenvalue weighted by atomic mass is 32.2. The van der Waals surface area contributed by atoms with Gasteiger partial charge in [-0.15, -0.1) is 11.3 Å². The Bertz CT molecular complexity index is 984. The largest absolute Gasteiger partial charge is 0.298 e. The van der Waals surface area contributed by atoms with Gasteiger partial charge in [0.05, 0.1) is 11.9 Å². The number of amides is 1. The fourth-order valence-electron chi connectivity index (χ4n) is 2.06. The molecule has 2 aromatic heterocycles. The van der Waals surface area contributed by atoms with Crippen LogP contribution < -0.4 is 10.0 Å². The average Bonchev–Trinajstić information content (AvgIpc) is 3.03. The molecule has 0 aliphatic heterocycles. The number of hydrogen-bond acceptors (Lipinski definition) is 6. The van der Waals surface area contributed by atoms with Crippen molar-refractivity contribution in [3.63, 3.8) is 0 Å². The topological polar surface area (TPSA) is 101 Å². The smallest absolute Gasteiger partial charge is 0.257 e. The zero-order chi connectivity index (χ0) is 17.9. The first-order valence-electron chi connectivity index (χ1n) is 7.16. The molecular formula is C16H14N4O3S2. The van der Waals surface area contributed by atoms with Crippen molar-refractivity contribution in [2.24, 2.45) is 0 Å². The number of nitrogens with zero attached hydrogens (tertiary/aromatic N) is 2. The number of sulfonamides is 1. The van der Waals surface area contributed by atoms with Crippen molar-refractivity contribution in [1.29, 1.82) is 0 Å². The van der Waals surface area contributed by atoms with Gasteiger partial charge in [0.15, 0.2) is 5.13 Å². The number of benzene rings is 1. The lowest BCUT2D eigenvalue weighted by Crippen LogP contribution is -2.11. The molecule has 0 aliphatic rings. The van der Waals surface area contributed by atoms with Crippen LogP contribution in [-0.2, 0) is 10.0 Å². The van der Waals surface area contributed by atoms with E-state index in [1.807, 2.05) is 5.38 Å². The zero-order valence-corrected chi connectivity index (χ0v) is 14.8. The Hall–Kier alpha value is -2.78. The Morgan fingerprint density at radius 2 is 1.76 bits per heavy atom. The third-order valence-corrected chi connectivity index (χ3v) is 4.52. The Morgan fingerprint density at radius 3 is 2.40 bits per heavy atom. The molecule has 7 nitrogen and oxygen atoms in total. The molecule has 0 unspecified atom stereocenters. The molecule has 2 N–H and O–H groups in total. The van der Waals surface area contributed by atoms with Crippen LogP contribution in [0.2, 0.25) is 0 Å². The Kier molecular flexibility index (Phi) is 4.77. The first-order chi connectivity index (χ1) is 11.9. The molecule has 0 atom stereocenters. The molecule has 1 amide bonds. The first-order valence-corrected chi connectivity index (χ1v) is 9.93. The van der Waals surface area contributed by atoms with Gasteiger partial charge in [0.2, 0.25) is 10.0 Å². The van der Waals surface area contributed by atoms with Gasteiger partial charge < -0.3 is 0 Å². The van der Waals surface area contributed by atoms with Crippen LogP contribution in [0, 0.1) is 0 Å². The van der Waals surface area contributed by atoms with Crippen molar-refractivity contribution in [3.8, 4) is 11.3 Å². The molecule has 0 radical (unpaired) electrons. The van der Waals surface area contributed by atoms with Crippen molar-refractivity contribution in [1.82, 2.24) is 9.97 Å². The van der Waals surface area contributed by atoms with E-state index in [4.69, 9.17) is 0 Å². The van der Waals surface area contributed by atoms with Gasteiger partial charge in [-0.1, -0.05) is 12.1 Å². The Labute approximate surface area is 148 Å². The summed E-state index contributed by atoms with van der Waals surface area (Å²) in [4.78, 5) is 20.4. The average molecular weight is 374 g/mol. The highest BCUT2D eigenvalue weighted by molar-refractivity contribution is 7.92. The third kappa shape index (κ3) is 4.61. The lowest BCUT2D eigenvalue weighted by molar-refractivity contribution is 0.102. The summed E-state index contributed by atoms with van der Waals surface area (Å²) in [6.45, 7) is 0. The highest BCUT2D eigenvalue weighted by Crippen LogP contribution is 2.26. The van der Waals surface area contributed by atoms with Gasteiger partial charge in [-0.05, 0) is 24.3 Å². The van der Waals surface area contributed by atoms with E-state index in [1.165, 1.54) is 11.3 Å². The number of nitrogens with one attached hydrogen (secondary N) is 2. The van der Waals surface area contributed by atoms with Crippen LogP contribution >= 0.6 is 11.3 Å². The van der Waals surface area contributed by atoms with Crippen molar-refractivity contribution >= 4 is 38.1 Å². The normalized spacial score (nSPS) is 11.1. The van der Waals surface area contributed by atoms with Gasteiger partial charge in [0, 0.05) is 34.6 Å². The van der Waals surface area contributed by atoms with E-state index in [1.54, 1.807) is 48.8 Å². The summed E-state index contributed by atoms with van der Waals surface area (Å²) < 4.78 is 24.8. The zero-order valence-electron chi connectivity index (χ0n) is 13.1. The Morgan fingerprint density at radius 1 is 1.08 bits per heavy atom. The number of carbonyl (C=O) groups is 1. The second-order valence-corrected chi connectivity index (χ2v) is 7.79. The maximum Gasteiger partial charge on any atom is 0.257 e. The van der Waals surface area contributed by atoms with E-state index in [0.717, 1.165) is 11.8 Å². The molecule has 0 bridgehead atoms. The molecule has 3 aromatic rings. The van der Waals surface area contributed by atoms with Gasteiger partial charge in [-0.25, -0.2) is 13.4 Å². The molecule has 9 heteroatoms. The number of pyridine rings is 1. The maximum absolute atomic E-state index is 12.1.